The molecule has 0 aliphatic heterocycles. The maximum Gasteiger partial charge on any atom is 0.275 e. The van der Waals surface area contributed by atoms with E-state index in [1.165, 1.54) is 4.68 Å². The average Bonchev–Trinajstić information content (AvgIpc) is 2.89. The number of hydrogen-bond donors (Lipinski definition) is 1. The SMILES string of the molecule is Cc1[nH]n(-c2ccc(Cl)cc2)c(=O)c1[C@H](C[N+](=O)[O-])c1ccccc1. The van der Waals surface area contributed by atoms with E-state index in [-0.39, 0.29) is 12.1 Å². The van der Waals surface area contributed by atoms with Crippen LogP contribution in [-0.2, 0) is 0 Å². The first-order valence-electron chi connectivity index (χ1n) is 7.71. The number of hydrogen-bond acceptors (Lipinski definition) is 3. The van der Waals surface area contributed by atoms with Gasteiger partial charge in [0.1, 0.15) is 0 Å². The molecule has 2 aromatic carbocycles. The van der Waals surface area contributed by atoms with Crippen molar-refractivity contribution in [2.75, 3.05) is 6.54 Å². The largest absolute Gasteiger partial charge is 0.295 e. The first kappa shape index (κ1) is 17.0. The topological polar surface area (TPSA) is 80.9 Å². The molecule has 128 valence electrons. The van der Waals surface area contributed by atoms with Crippen LogP contribution >= 0.6 is 11.6 Å². The number of nitrogens with zero attached hydrogens (tertiary/aromatic N) is 2. The molecule has 6 nitrogen and oxygen atoms in total. The Morgan fingerprint density at radius 2 is 1.80 bits per heavy atom. The highest BCUT2D eigenvalue weighted by Gasteiger charge is 2.27. The maximum absolute atomic E-state index is 12.9. The van der Waals surface area contributed by atoms with E-state index >= 15 is 0 Å². The molecule has 0 aliphatic rings. The van der Waals surface area contributed by atoms with E-state index < -0.39 is 10.8 Å². The van der Waals surface area contributed by atoms with E-state index in [9.17, 15) is 14.9 Å². The minimum atomic E-state index is -0.617. The van der Waals surface area contributed by atoms with Gasteiger partial charge in [0.05, 0.1) is 17.2 Å². The van der Waals surface area contributed by atoms with Crippen molar-refractivity contribution in [3.8, 4) is 5.69 Å². The van der Waals surface area contributed by atoms with Gasteiger partial charge in [-0.05, 0) is 36.8 Å². The number of benzene rings is 2. The lowest BCUT2D eigenvalue weighted by molar-refractivity contribution is -0.481. The average molecular weight is 358 g/mol. The maximum atomic E-state index is 12.9. The molecular weight excluding hydrogens is 342 g/mol. The Bertz CT molecular complexity index is 946. The number of halogens is 1. The Morgan fingerprint density at radius 3 is 2.40 bits per heavy atom. The Balaban J connectivity index is 2.13. The summed E-state index contributed by atoms with van der Waals surface area (Å²) in [5.41, 5.74) is 2.07. The third-order valence-corrected chi connectivity index (χ3v) is 4.34. The second-order valence-corrected chi connectivity index (χ2v) is 6.18. The summed E-state index contributed by atoms with van der Waals surface area (Å²) in [5.74, 6) is -0.617. The Kier molecular flexibility index (Phi) is 4.72. The van der Waals surface area contributed by atoms with E-state index in [4.69, 9.17) is 11.6 Å². The fourth-order valence-electron chi connectivity index (χ4n) is 2.94. The normalized spacial score (nSPS) is 12.1. The van der Waals surface area contributed by atoms with E-state index in [0.29, 0.717) is 22.0 Å². The van der Waals surface area contributed by atoms with Crippen molar-refractivity contribution < 1.29 is 4.92 Å². The van der Waals surface area contributed by atoms with Crippen LogP contribution in [0.1, 0.15) is 22.7 Å². The lowest BCUT2D eigenvalue weighted by Crippen LogP contribution is -2.23. The van der Waals surface area contributed by atoms with E-state index in [2.05, 4.69) is 5.10 Å². The molecule has 1 heterocycles. The lowest BCUT2D eigenvalue weighted by Gasteiger charge is -2.11. The van der Waals surface area contributed by atoms with Crippen LogP contribution in [0, 0.1) is 17.0 Å². The smallest absolute Gasteiger partial charge is 0.275 e. The zero-order chi connectivity index (χ0) is 18.0. The highest BCUT2D eigenvalue weighted by molar-refractivity contribution is 6.30. The number of H-pyrrole nitrogens is 1. The van der Waals surface area contributed by atoms with Crippen molar-refractivity contribution in [2.45, 2.75) is 12.8 Å². The van der Waals surface area contributed by atoms with E-state index in [1.54, 1.807) is 43.3 Å². The molecule has 1 N–H and O–H groups in total. The molecule has 0 amide bonds. The van der Waals surface area contributed by atoms with Crippen LogP contribution < -0.4 is 5.56 Å². The summed E-state index contributed by atoms with van der Waals surface area (Å²) in [6, 6.07) is 15.9. The van der Waals surface area contributed by atoms with Crippen LogP contribution in [0.5, 0.6) is 0 Å². The molecule has 1 atom stereocenters. The number of nitro groups is 1. The summed E-state index contributed by atoms with van der Waals surface area (Å²) < 4.78 is 1.39. The van der Waals surface area contributed by atoms with Gasteiger partial charge in [0.2, 0.25) is 6.54 Å². The van der Waals surface area contributed by atoms with Gasteiger partial charge in [-0.3, -0.25) is 20.0 Å². The molecule has 0 fully saturated rings. The first-order valence-corrected chi connectivity index (χ1v) is 8.09. The summed E-state index contributed by atoms with van der Waals surface area (Å²) in [6.07, 6.45) is 0. The molecule has 7 heteroatoms. The molecule has 0 bridgehead atoms. The lowest BCUT2D eigenvalue weighted by atomic mass is 9.91. The van der Waals surface area contributed by atoms with Crippen LogP contribution in [0.15, 0.2) is 59.4 Å². The highest BCUT2D eigenvalue weighted by Crippen LogP contribution is 2.25. The summed E-state index contributed by atoms with van der Waals surface area (Å²) in [6.45, 7) is 1.40. The molecule has 3 aromatic rings. The van der Waals surface area contributed by atoms with Gasteiger partial charge in [0, 0.05) is 15.6 Å². The number of rotatable bonds is 5. The van der Waals surface area contributed by atoms with E-state index in [0.717, 1.165) is 5.56 Å². The third kappa shape index (κ3) is 3.49. The monoisotopic (exact) mass is 357 g/mol. The minimum Gasteiger partial charge on any atom is -0.295 e. The van der Waals surface area contributed by atoms with Gasteiger partial charge in [0.25, 0.3) is 5.56 Å². The van der Waals surface area contributed by atoms with Crippen LogP contribution in [0.25, 0.3) is 5.69 Å². The summed E-state index contributed by atoms with van der Waals surface area (Å²) in [5, 5.41) is 14.7. The van der Waals surface area contributed by atoms with Gasteiger partial charge in [0.15, 0.2) is 0 Å². The number of aromatic amines is 1. The molecule has 25 heavy (non-hydrogen) atoms. The molecule has 0 saturated carbocycles. The second kappa shape index (κ2) is 6.94. The number of aromatic nitrogens is 2. The molecule has 0 saturated heterocycles. The van der Waals surface area contributed by atoms with Crippen molar-refractivity contribution in [3.05, 3.63) is 96.9 Å². The number of nitrogens with one attached hydrogen (secondary N) is 1. The van der Waals surface area contributed by atoms with Crippen molar-refractivity contribution in [1.82, 2.24) is 9.78 Å². The van der Waals surface area contributed by atoms with Crippen molar-refractivity contribution in [1.29, 1.82) is 0 Å². The zero-order valence-electron chi connectivity index (χ0n) is 13.5. The standard InChI is InChI=1S/C18H16ClN3O3/c1-12-17(16(11-21(24)25)13-5-3-2-4-6-13)18(23)22(20-12)15-9-7-14(19)8-10-15/h2-10,16,20H,11H2,1H3/t16-/m1/s1. The summed E-state index contributed by atoms with van der Waals surface area (Å²) in [7, 11) is 0. The van der Waals surface area contributed by atoms with Crippen LogP contribution in [0.2, 0.25) is 5.02 Å². The third-order valence-electron chi connectivity index (χ3n) is 4.08. The van der Waals surface area contributed by atoms with Crippen LogP contribution in [-0.4, -0.2) is 21.2 Å². The predicted octanol–water partition coefficient (Wildman–Crippen LogP) is 3.54. The molecule has 0 aliphatic carbocycles. The summed E-state index contributed by atoms with van der Waals surface area (Å²) in [4.78, 5) is 23.7. The van der Waals surface area contributed by atoms with Gasteiger partial charge in [-0.2, -0.15) is 0 Å². The minimum absolute atomic E-state index is 0.296. The Hall–Kier alpha value is -2.86. The van der Waals surface area contributed by atoms with Gasteiger partial charge in [-0.15, -0.1) is 0 Å². The van der Waals surface area contributed by atoms with Crippen molar-refractivity contribution >= 4 is 11.6 Å². The van der Waals surface area contributed by atoms with Gasteiger partial charge < -0.3 is 0 Å². The molecule has 0 radical (unpaired) electrons. The molecule has 3 rings (SSSR count). The van der Waals surface area contributed by atoms with E-state index in [1.807, 2.05) is 18.2 Å². The zero-order valence-corrected chi connectivity index (χ0v) is 14.2. The Morgan fingerprint density at radius 1 is 1.16 bits per heavy atom. The molecule has 0 spiro atoms. The highest BCUT2D eigenvalue weighted by atomic mass is 35.5. The predicted molar refractivity (Wildman–Crippen MR) is 96.3 cm³/mol. The van der Waals surface area contributed by atoms with Crippen molar-refractivity contribution in [3.63, 3.8) is 0 Å². The summed E-state index contributed by atoms with van der Waals surface area (Å²) >= 11 is 5.89. The molecule has 0 unspecified atom stereocenters. The van der Waals surface area contributed by atoms with Gasteiger partial charge >= 0.3 is 0 Å². The van der Waals surface area contributed by atoms with Gasteiger partial charge in [-0.25, -0.2) is 4.68 Å². The Labute approximate surface area is 148 Å². The van der Waals surface area contributed by atoms with Crippen LogP contribution in [0.3, 0.4) is 0 Å². The first-order chi connectivity index (χ1) is 12.0. The van der Waals surface area contributed by atoms with Crippen molar-refractivity contribution in [2.24, 2.45) is 0 Å². The van der Waals surface area contributed by atoms with Crippen LogP contribution in [0.4, 0.5) is 0 Å². The fourth-order valence-corrected chi connectivity index (χ4v) is 3.07. The second-order valence-electron chi connectivity index (χ2n) is 5.75. The molecular formula is C18H16ClN3O3. The van der Waals surface area contributed by atoms with Gasteiger partial charge in [-0.1, -0.05) is 41.9 Å². The molecule has 1 aromatic heterocycles. The number of aryl methyl sites for hydroxylation is 1. The fraction of sp³-hybridized carbons (Fsp3) is 0.167. The quantitative estimate of drug-likeness (QED) is 0.560.